The maximum atomic E-state index is 13.1. The first kappa shape index (κ1) is 8.91. The summed E-state index contributed by atoms with van der Waals surface area (Å²) < 4.78 is 13.1. The van der Waals surface area contributed by atoms with Gasteiger partial charge in [0.25, 0.3) is 0 Å². The third-order valence-electron chi connectivity index (χ3n) is 2.12. The number of rotatable bonds is 1. The fourth-order valence-electron chi connectivity index (χ4n) is 1.33. The molecule has 0 unspecified atom stereocenters. The van der Waals surface area contributed by atoms with Gasteiger partial charge in [0.2, 0.25) is 0 Å². The van der Waals surface area contributed by atoms with Crippen molar-refractivity contribution in [1.82, 2.24) is 0 Å². The van der Waals surface area contributed by atoms with E-state index in [9.17, 15) is 4.39 Å². The Morgan fingerprint density at radius 2 is 2.17 bits per heavy atom. The maximum absolute atomic E-state index is 13.1. The van der Waals surface area contributed by atoms with Gasteiger partial charge in [-0.05, 0) is 36.1 Å². The summed E-state index contributed by atoms with van der Waals surface area (Å²) in [5.74, 6) is -0.302. The van der Waals surface area contributed by atoms with Gasteiger partial charge in [-0.3, -0.25) is 0 Å². The fraction of sp³-hybridized carbons (Fsp3) is 0.300. The molecule has 2 heteroatoms. The second-order valence-corrected chi connectivity index (χ2v) is 2.84. The normalized spacial score (nSPS) is 18.4. The smallest absolute Gasteiger partial charge is 0.128 e. The number of nitrogens with one attached hydrogen (secondary N) is 1. The van der Waals surface area contributed by atoms with Crippen LogP contribution in [0.1, 0.15) is 20.3 Å². The molecule has 1 aliphatic carbocycles. The lowest BCUT2D eigenvalue weighted by Crippen LogP contribution is -2.07. The Morgan fingerprint density at radius 3 is 2.67 bits per heavy atom. The molecule has 0 saturated carbocycles. The SMILES string of the molecule is C=C1C(=N)C=C(F)C(C)=C1CC. The van der Waals surface area contributed by atoms with E-state index in [2.05, 4.69) is 6.58 Å². The Bertz CT molecular complexity index is 308. The minimum Gasteiger partial charge on any atom is -0.300 e. The van der Waals surface area contributed by atoms with Crippen molar-refractivity contribution in [1.29, 1.82) is 5.41 Å². The minimum atomic E-state index is -0.302. The van der Waals surface area contributed by atoms with E-state index in [1.807, 2.05) is 6.92 Å². The molecular weight excluding hydrogens is 153 g/mol. The van der Waals surface area contributed by atoms with Gasteiger partial charge < -0.3 is 5.41 Å². The van der Waals surface area contributed by atoms with Crippen LogP contribution in [0.5, 0.6) is 0 Å². The van der Waals surface area contributed by atoms with Crippen LogP contribution in [0.15, 0.2) is 35.2 Å². The van der Waals surface area contributed by atoms with E-state index in [0.717, 1.165) is 12.0 Å². The minimum absolute atomic E-state index is 0.190. The molecule has 0 atom stereocenters. The molecular formula is C10H12FN. The third kappa shape index (κ3) is 1.24. The summed E-state index contributed by atoms with van der Waals surface area (Å²) in [7, 11) is 0. The number of allylic oxidation sites excluding steroid dienone is 5. The molecule has 0 aromatic rings. The van der Waals surface area contributed by atoms with E-state index in [0.29, 0.717) is 11.1 Å². The molecule has 1 nitrogen and oxygen atoms in total. The van der Waals surface area contributed by atoms with Crippen LogP contribution < -0.4 is 0 Å². The molecule has 0 saturated heterocycles. The summed E-state index contributed by atoms with van der Waals surface area (Å²) in [5.41, 5.74) is 2.32. The number of halogens is 1. The third-order valence-corrected chi connectivity index (χ3v) is 2.12. The van der Waals surface area contributed by atoms with E-state index in [1.165, 1.54) is 6.08 Å². The van der Waals surface area contributed by atoms with Crippen molar-refractivity contribution in [3.63, 3.8) is 0 Å². The van der Waals surface area contributed by atoms with Gasteiger partial charge in [-0.2, -0.15) is 0 Å². The van der Waals surface area contributed by atoms with Crippen LogP contribution in [0.3, 0.4) is 0 Å². The lowest BCUT2D eigenvalue weighted by molar-refractivity contribution is 0.647. The van der Waals surface area contributed by atoms with Crippen molar-refractivity contribution in [3.8, 4) is 0 Å². The molecule has 0 spiro atoms. The molecule has 1 aliphatic rings. The summed E-state index contributed by atoms with van der Waals surface area (Å²) in [6.07, 6.45) is 1.95. The first-order valence-corrected chi connectivity index (χ1v) is 3.93. The predicted octanol–water partition coefficient (Wildman–Crippen LogP) is 3.16. The highest BCUT2D eigenvalue weighted by Gasteiger charge is 2.17. The lowest BCUT2D eigenvalue weighted by Gasteiger charge is -2.16. The highest BCUT2D eigenvalue weighted by Crippen LogP contribution is 2.28. The summed E-state index contributed by atoms with van der Waals surface area (Å²) in [4.78, 5) is 0. The van der Waals surface area contributed by atoms with Crippen molar-refractivity contribution in [2.24, 2.45) is 0 Å². The molecule has 12 heavy (non-hydrogen) atoms. The highest BCUT2D eigenvalue weighted by molar-refractivity contribution is 6.11. The van der Waals surface area contributed by atoms with Gasteiger partial charge in [0.1, 0.15) is 5.83 Å². The molecule has 0 aromatic heterocycles. The first-order valence-electron chi connectivity index (χ1n) is 3.93. The van der Waals surface area contributed by atoms with Crippen LogP contribution in [0, 0.1) is 5.41 Å². The molecule has 0 aliphatic heterocycles. The van der Waals surface area contributed by atoms with E-state index >= 15 is 0 Å². The zero-order valence-electron chi connectivity index (χ0n) is 7.37. The molecule has 0 fully saturated rings. The number of hydrogen-bond donors (Lipinski definition) is 1. The summed E-state index contributed by atoms with van der Waals surface area (Å²) >= 11 is 0. The summed E-state index contributed by atoms with van der Waals surface area (Å²) in [6.45, 7) is 7.40. The summed E-state index contributed by atoms with van der Waals surface area (Å²) in [6, 6.07) is 0. The van der Waals surface area contributed by atoms with Crippen LogP contribution in [-0.4, -0.2) is 5.71 Å². The topological polar surface area (TPSA) is 23.9 Å². The molecule has 1 rings (SSSR count). The highest BCUT2D eigenvalue weighted by atomic mass is 19.1. The zero-order chi connectivity index (χ0) is 9.30. The van der Waals surface area contributed by atoms with Gasteiger partial charge in [0.05, 0.1) is 5.71 Å². The van der Waals surface area contributed by atoms with Crippen LogP contribution in [0.25, 0.3) is 0 Å². The maximum Gasteiger partial charge on any atom is 0.128 e. The lowest BCUT2D eigenvalue weighted by atomic mass is 9.90. The Labute approximate surface area is 71.8 Å². The van der Waals surface area contributed by atoms with Gasteiger partial charge in [-0.1, -0.05) is 13.5 Å². The van der Waals surface area contributed by atoms with E-state index in [1.54, 1.807) is 6.92 Å². The fourth-order valence-corrected chi connectivity index (χ4v) is 1.33. The van der Waals surface area contributed by atoms with E-state index in [-0.39, 0.29) is 11.5 Å². The molecule has 0 heterocycles. The Kier molecular flexibility index (Phi) is 2.27. The van der Waals surface area contributed by atoms with Crippen molar-refractivity contribution in [2.45, 2.75) is 20.3 Å². The van der Waals surface area contributed by atoms with Gasteiger partial charge >= 0.3 is 0 Å². The molecule has 0 amide bonds. The standard InChI is InChI=1S/C10H12FN/c1-4-8-6(2)9(11)5-10(12)7(8)3/h5,12H,3-4H2,1-2H3. The predicted molar refractivity (Wildman–Crippen MR) is 49.0 cm³/mol. The van der Waals surface area contributed by atoms with Gasteiger partial charge in [0, 0.05) is 0 Å². The average Bonchev–Trinajstić information content (AvgIpc) is 2.02. The first-order chi connectivity index (χ1) is 5.57. The Hall–Kier alpha value is -1.18. The van der Waals surface area contributed by atoms with Crippen LogP contribution in [-0.2, 0) is 0 Å². The van der Waals surface area contributed by atoms with E-state index in [4.69, 9.17) is 5.41 Å². The second kappa shape index (κ2) is 3.05. The van der Waals surface area contributed by atoms with E-state index < -0.39 is 0 Å². The molecule has 64 valence electrons. The van der Waals surface area contributed by atoms with Crippen molar-refractivity contribution in [3.05, 3.63) is 35.2 Å². The molecule has 1 N–H and O–H groups in total. The summed E-state index contributed by atoms with van der Waals surface area (Å²) in [5, 5.41) is 7.40. The zero-order valence-corrected chi connectivity index (χ0v) is 7.37. The van der Waals surface area contributed by atoms with Crippen LogP contribution in [0.2, 0.25) is 0 Å². The largest absolute Gasteiger partial charge is 0.300 e. The second-order valence-electron chi connectivity index (χ2n) is 2.84. The quantitative estimate of drug-likeness (QED) is 0.617. The van der Waals surface area contributed by atoms with Crippen molar-refractivity contribution < 1.29 is 4.39 Å². The van der Waals surface area contributed by atoms with Crippen LogP contribution in [0.4, 0.5) is 4.39 Å². The van der Waals surface area contributed by atoms with Gasteiger partial charge in [0.15, 0.2) is 0 Å². The Morgan fingerprint density at radius 1 is 1.58 bits per heavy atom. The molecule has 0 aromatic carbocycles. The molecule has 0 bridgehead atoms. The van der Waals surface area contributed by atoms with Gasteiger partial charge in [-0.25, -0.2) is 4.39 Å². The number of hydrogen-bond acceptors (Lipinski definition) is 1. The van der Waals surface area contributed by atoms with Crippen molar-refractivity contribution in [2.75, 3.05) is 0 Å². The average molecular weight is 165 g/mol. The van der Waals surface area contributed by atoms with Gasteiger partial charge in [-0.15, -0.1) is 0 Å². The Balaban J connectivity index is 3.21. The van der Waals surface area contributed by atoms with Crippen molar-refractivity contribution >= 4 is 5.71 Å². The molecule has 0 radical (unpaired) electrons. The monoisotopic (exact) mass is 165 g/mol. The van der Waals surface area contributed by atoms with Crippen LogP contribution >= 0.6 is 0 Å².